The van der Waals surface area contributed by atoms with Crippen LogP contribution in [0.4, 0.5) is 0 Å². The van der Waals surface area contributed by atoms with E-state index in [1.807, 2.05) is 24.3 Å². The van der Waals surface area contributed by atoms with E-state index in [0.717, 1.165) is 23.2 Å². The van der Waals surface area contributed by atoms with Crippen molar-refractivity contribution >= 4 is 16.7 Å². The second-order valence-corrected chi connectivity index (χ2v) is 2.95. The fraction of sp³-hybridized carbons (Fsp3) is 0. The van der Waals surface area contributed by atoms with Gasteiger partial charge in [-0.2, -0.15) is 0 Å². The maximum atomic E-state index is 11.3. The molecule has 0 saturated carbocycles. The van der Waals surface area contributed by atoms with Crippen molar-refractivity contribution < 1.29 is 9.90 Å². The summed E-state index contributed by atoms with van der Waals surface area (Å²) in [5.74, 6) is -0.233. The maximum Gasteiger partial charge on any atom is 0.205 e. The van der Waals surface area contributed by atoms with Crippen molar-refractivity contribution in [2.45, 2.75) is 0 Å². The molecule has 0 aliphatic carbocycles. The van der Waals surface area contributed by atoms with Crippen molar-refractivity contribution in [2.24, 2.45) is 0 Å². The third-order valence-corrected chi connectivity index (χ3v) is 2.02. The van der Waals surface area contributed by atoms with Gasteiger partial charge in [-0.25, -0.2) is 0 Å². The van der Waals surface area contributed by atoms with Crippen LogP contribution >= 0.6 is 0 Å². The standard InChI is InChI=1S/C11H9NO2/c13-6-5-11(14)10-7-8-3-1-2-4-9(8)12-10/h1-7,12-13H/b6-5-. The summed E-state index contributed by atoms with van der Waals surface area (Å²) in [6.45, 7) is 0. The maximum absolute atomic E-state index is 11.3. The minimum absolute atomic E-state index is 0.233. The van der Waals surface area contributed by atoms with Crippen LogP contribution in [0.5, 0.6) is 0 Å². The number of rotatable bonds is 2. The molecule has 0 unspecified atom stereocenters. The summed E-state index contributed by atoms with van der Waals surface area (Å²) < 4.78 is 0. The number of hydrogen-bond donors (Lipinski definition) is 2. The first-order valence-corrected chi connectivity index (χ1v) is 4.24. The van der Waals surface area contributed by atoms with E-state index in [1.54, 1.807) is 6.07 Å². The molecule has 0 saturated heterocycles. The zero-order chi connectivity index (χ0) is 9.97. The normalized spacial score (nSPS) is 11.1. The molecule has 3 nitrogen and oxygen atoms in total. The highest BCUT2D eigenvalue weighted by atomic mass is 16.2. The molecule has 2 aromatic rings. The van der Waals surface area contributed by atoms with Gasteiger partial charge >= 0.3 is 0 Å². The molecule has 2 rings (SSSR count). The highest BCUT2D eigenvalue weighted by molar-refractivity contribution is 6.05. The highest BCUT2D eigenvalue weighted by Crippen LogP contribution is 2.14. The number of carbonyl (C=O) groups excluding carboxylic acids is 1. The number of nitrogens with one attached hydrogen (secondary N) is 1. The van der Waals surface area contributed by atoms with Gasteiger partial charge in [0.1, 0.15) is 0 Å². The lowest BCUT2D eigenvalue weighted by Gasteiger charge is -1.86. The van der Waals surface area contributed by atoms with Gasteiger partial charge in [-0.1, -0.05) is 18.2 Å². The minimum Gasteiger partial charge on any atom is -0.515 e. The van der Waals surface area contributed by atoms with Crippen LogP contribution in [0.1, 0.15) is 10.5 Å². The van der Waals surface area contributed by atoms with Crippen LogP contribution in [0.2, 0.25) is 0 Å². The molecule has 0 radical (unpaired) electrons. The van der Waals surface area contributed by atoms with Crippen LogP contribution in [0.3, 0.4) is 0 Å². The van der Waals surface area contributed by atoms with E-state index in [0.29, 0.717) is 5.69 Å². The van der Waals surface area contributed by atoms with Gasteiger partial charge in [-0.3, -0.25) is 4.79 Å². The summed E-state index contributed by atoms with van der Waals surface area (Å²) in [5, 5.41) is 9.45. The number of aliphatic hydroxyl groups excluding tert-OH is 1. The van der Waals surface area contributed by atoms with Gasteiger partial charge in [0.2, 0.25) is 5.78 Å². The molecular formula is C11H9NO2. The third kappa shape index (κ3) is 1.40. The number of hydrogen-bond acceptors (Lipinski definition) is 2. The summed E-state index contributed by atoms with van der Waals surface area (Å²) in [5.41, 5.74) is 1.40. The van der Waals surface area contributed by atoms with Gasteiger partial charge in [0.25, 0.3) is 0 Å². The Morgan fingerprint density at radius 1 is 1.36 bits per heavy atom. The molecule has 0 aliphatic heterocycles. The van der Waals surface area contributed by atoms with Crippen LogP contribution < -0.4 is 0 Å². The summed E-state index contributed by atoms with van der Waals surface area (Å²) in [7, 11) is 0. The summed E-state index contributed by atoms with van der Waals surface area (Å²) in [6, 6.07) is 9.39. The molecule has 14 heavy (non-hydrogen) atoms. The molecule has 0 bridgehead atoms. The monoisotopic (exact) mass is 187 g/mol. The number of para-hydroxylation sites is 1. The number of aliphatic hydroxyl groups is 1. The zero-order valence-corrected chi connectivity index (χ0v) is 7.40. The van der Waals surface area contributed by atoms with E-state index < -0.39 is 0 Å². The SMILES string of the molecule is O=C(/C=C\O)c1cc2ccccc2[nH]1. The van der Waals surface area contributed by atoms with E-state index in [2.05, 4.69) is 4.98 Å². The highest BCUT2D eigenvalue weighted by Gasteiger charge is 2.05. The van der Waals surface area contributed by atoms with Crippen LogP contribution in [-0.2, 0) is 0 Å². The average molecular weight is 187 g/mol. The molecule has 1 heterocycles. The third-order valence-electron chi connectivity index (χ3n) is 2.02. The largest absolute Gasteiger partial charge is 0.515 e. The minimum atomic E-state index is -0.233. The second kappa shape index (κ2) is 3.38. The van der Waals surface area contributed by atoms with Crippen molar-refractivity contribution in [1.29, 1.82) is 0 Å². The molecule has 0 fully saturated rings. The quantitative estimate of drug-likeness (QED) is 0.431. The molecule has 0 aliphatic rings. The van der Waals surface area contributed by atoms with Gasteiger partial charge < -0.3 is 10.1 Å². The summed E-state index contributed by atoms with van der Waals surface area (Å²) >= 11 is 0. The van der Waals surface area contributed by atoms with Crippen molar-refractivity contribution in [2.75, 3.05) is 0 Å². The summed E-state index contributed by atoms with van der Waals surface area (Å²) in [4.78, 5) is 14.3. The lowest BCUT2D eigenvalue weighted by atomic mass is 10.2. The van der Waals surface area contributed by atoms with Gasteiger partial charge in [-0.15, -0.1) is 0 Å². The first kappa shape index (κ1) is 8.56. The zero-order valence-electron chi connectivity index (χ0n) is 7.40. The number of fused-ring (bicyclic) bond motifs is 1. The molecule has 2 N–H and O–H groups in total. The molecule has 1 aromatic carbocycles. The Morgan fingerprint density at radius 2 is 2.14 bits per heavy atom. The Kier molecular flexibility index (Phi) is 2.07. The van der Waals surface area contributed by atoms with Crippen molar-refractivity contribution in [1.82, 2.24) is 4.98 Å². The number of H-pyrrole nitrogens is 1. The number of aromatic amines is 1. The molecule has 1 aromatic heterocycles. The fourth-order valence-electron chi connectivity index (χ4n) is 1.36. The Balaban J connectivity index is 2.50. The van der Waals surface area contributed by atoms with Gasteiger partial charge in [0, 0.05) is 17.0 Å². The molecule has 0 spiro atoms. The number of allylic oxidation sites excluding steroid dienone is 1. The van der Waals surface area contributed by atoms with Gasteiger partial charge in [-0.05, 0) is 12.1 Å². The van der Waals surface area contributed by atoms with E-state index in [-0.39, 0.29) is 5.78 Å². The van der Waals surface area contributed by atoms with Crippen LogP contribution in [0, 0.1) is 0 Å². The lowest BCUT2D eigenvalue weighted by Crippen LogP contribution is -1.93. The average Bonchev–Trinajstić information content (AvgIpc) is 2.61. The molecule has 70 valence electrons. The number of ketones is 1. The summed E-state index contributed by atoms with van der Waals surface area (Å²) in [6.07, 6.45) is 1.86. The number of carbonyl (C=O) groups is 1. The van der Waals surface area contributed by atoms with Crippen LogP contribution in [0.25, 0.3) is 10.9 Å². The van der Waals surface area contributed by atoms with E-state index in [4.69, 9.17) is 5.11 Å². The predicted molar refractivity (Wildman–Crippen MR) is 54.4 cm³/mol. The fourth-order valence-corrected chi connectivity index (χ4v) is 1.36. The molecule has 3 heteroatoms. The molecular weight excluding hydrogens is 178 g/mol. The first-order chi connectivity index (χ1) is 6.81. The van der Waals surface area contributed by atoms with Crippen molar-refractivity contribution in [3.8, 4) is 0 Å². The topological polar surface area (TPSA) is 53.1 Å². The Bertz CT molecular complexity index is 464. The van der Waals surface area contributed by atoms with E-state index >= 15 is 0 Å². The second-order valence-electron chi connectivity index (χ2n) is 2.95. The Labute approximate surface area is 80.7 Å². The van der Waals surface area contributed by atoms with Crippen LogP contribution in [-0.4, -0.2) is 15.9 Å². The van der Waals surface area contributed by atoms with Crippen LogP contribution in [0.15, 0.2) is 42.7 Å². The Hall–Kier alpha value is -2.03. The lowest BCUT2D eigenvalue weighted by molar-refractivity contribution is 0.104. The predicted octanol–water partition coefficient (Wildman–Crippen LogP) is 2.42. The van der Waals surface area contributed by atoms with Crippen molar-refractivity contribution in [3.05, 3.63) is 48.4 Å². The van der Waals surface area contributed by atoms with Crippen molar-refractivity contribution in [3.63, 3.8) is 0 Å². The van der Waals surface area contributed by atoms with E-state index in [1.165, 1.54) is 0 Å². The van der Waals surface area contributed by atoms with Gasteiger partial charge in [0.05, 0.1) is 12.0 Å². The van der Waals surface area contributed by atoms with E-state index in [9.17, 15) is 4.79 Å². The Morgan fingerprint density at radius 3 is 2.86 bits per heavy atom. The molecule has 0 amide bonds. The molecule has 0 atom stereocenters. The van der Waals surface area contributed by atoms with Gasteiger partial charge in [0.15, 0.2) is 0 Å². The number of benzene rings is 1. The number of aromatic nitrogens is 1. The smallest absolute Gasteiger partial charge is 0.205 e. The first-order valence-electron chi connectivity index (χ1n) is 4.24.